The number of H-pyrrole nitrogens is 1. The number of hydrogen-bond acceptors (Lipinski definition) is 3. The Hall–Kier alpha value is -3.60. The Morgan fingerprint density at radius 2 is 1.93 bits per heavy atom. The number of fused-ring (bicyclic) bond motifs is 1. The van der Waals surface area contributed by atoms with Crippen molar-refractivity contribution in [3.05, 3.63) is 90.4 Å². The second-order valence-electron chi connectivity index (χ2n) is 6.31. The van der Waals surface area contributed by atoms with Gasteiger partial charge in [0.2, 0.25) is 0 Å². The van der Waals surface area contributed by atoms with Gasteiger partial charge in [0, 0.05) is 22.7 Å². The summed E-state index contributed by atoms with van der Waals surface area (Å²) in [5.74, 6) is 1.31. The molecule has 5 heteroatoms. The van der Waals surface area contributed by atoms with E-state index < -0.39 is 0 Å². The van der Waals surface area contributed by atoms with Gasteiger partial charge in [-0.1, -0.05) is 30.3 Å². The Bertz CT molecular complexity index is 1220. The predicted octanol–water partition coefficient (Wildman–Crippen LogP) is 5.81. The summed E-state index contributed by atoms with van der Waals surface area (Å²) in [6.07, 6.45) is 4.06. The van der Waals surface area contributed by atoms with Crippen LogP contribution in [0.15, 0.2) is 82.0 Å². The molecule has 0 aliphatic rings. The van der Waals surface area contributed by atoms with Crippen LogP contribution in [-0.4, -0.2) is 9.97 Å². The van der Waals surface area contributed by atoms with Crippen molar-refractivity contribution in [1.29, 1.82) is 0 Å². The lowest BCUT2D eigenvalue weighted by molar-refractivity contribution is 0.519. The van der Waals surface area contributed by atoms with Gasteiger partial charge in [0.1, 0.15) is 5.82 Å². The summed E-state index contributed by atoms with van der Waals surface area (Å²) in [6, 6.07) is 18.0. The number of nitrogens with one attached hydrogen (secondary N) is 1. The van der Waals surface area contributed by atoms with Crippen LogP contribution in [0.3, 0.4) is 0 Å². The molecular weight excluding hydrogens is 343 g/mol. The molecule has 3 aromatic heterocycles. The molecule has 0 aliphatic carbocycles. The molecule has 2 aromatic carbocycles. The molecule has 1 N–H and O–H groups in total. The maximum absolute atomic E-state index is 13.7. The summed E-state index contributed by atoms with van der Waals surface area (Å²) < 4.78 is 25.3. The van der Waals surface area contributed by atoms with Gasteiger partial charge in [-0.25, -0.2) is 9.37 Å². The van der Waals surface area contributed by atoms with Gasteiger partial charge in [0.05, 0.1) is 12.7 Å². The fourth-order valence-electron chi connectivity index (χ4n) is 3.29. The molecule has 4 nitrogen and oxygen atoms in total. The minimum Gasteiger partial charge on any atom is -0.463 e. The van der Waals surface area contributed by atoms with E-state index in [1.807, 2.05) is 30.5 Å². The van der Waals surface area contributed by atoms with Crippen molar-refractivity contribution in [2.45, 2.75) is 6.42 Å². The van der Waals surface area contributed by atoms with Gasteiger partial charge in [0.15, 0.2) is 23.1 Å². The van der Waals surface area contributed by atoms with Gasteiger partial charge in [-0.15, -0.1) is 0 Å². The van der Waals surface area contributed by atoms with Crippen molar-refractivity contribution in [3.8, 4) is 22.8 Å². The molecule has 132 valence electrons. The standard InChI is InChI=1S/C22H15FN2O2/c23-16-6-3-5-14(11-16)22-21(19-9-4-10-26-19)25-20(27-22)12-15-13-24-18-8-2-1-7-17(15)18/h1-11,13,24H,12H2. The summed E-state index contributed by atoms with van der Waals surface area (Å²) in [5.41, 5.74) is 3.35. The van der Waals surface area contributed by atoms with Gasteiger partial charge in [-0.3, -0.25) is 0 Å². The number of oxazole rings is 1. The summed E-state index contributed by atoms with van der Waals surface area (Å²) in [5, 5.41) is 1.13. The van der Waals surface area contributed by atoms with E-state index in [2.05, 4.69) is 16.0 Å². The zero-order valence-electron chi connectivity index (χ0n) is 14.3. The fourth-order valence-corrected chi connectivity index (χ4v) is 3.29. The highest BCUT2D eigenvalue weighted by atomic mass is 19.1. The number of para-hydroxylation sites is 1. The van der Waals surface area contributed by atoms with Crippen LogP contribution in [0.1, 0.15) is 11.5 Å². The molecule has 0 aliphatic heterocycles. The summed E-state index contributed by atoms with van der Waals surface area (Å²) in [7, 11) is 0. The summed E-state index contributed by atoms with van der Waals surface area (Å²) >= 11 is 0. The van der Waals surface area contributed by atoms with Gasteiger partial charge < -0.3 is 13.8 Å². The van der Waals surface area contributed by atoms with Crippen molar-refractivity contribution < 1.29 is 13.2 Å². The molecule has 5 rings (SSSR count). The van der Waals surface area contributed by atoms with Gasteiger partial charge in [-0.05, 0) is 35.9 Å². The first-order valence-corrected chi connectivity index (χ1v) is 8.62. The zero-order chi connectivity index (χ0) is 18.2. The van der Waals surface area contributed by atoms with Crippen LogP contribution in [0.4, 0.5) is 4.39 Å². The van der Waals surface area contributed by atoms with Crippen molar-refractivity contribution in [1.82, 2.24) is 9.97 Å². The van der Waals surface area contributed by atoms with Gasteiger partial charge in [-0.2, -0.15) is 0 Å². The first kappa shape index (κ1) is 15.6. The maximum Gasteiger partial charge on any atom is 0.200 e. The number of rotatable bonds is 4. The van der Waals surface area contributed by atoms with E-state index in [1.165, 1.54) is 12.1 Å². The molecular formula is C22H15FN2O2. The molecule has 3 heterocycles. The lowest BCUT2D eigenvalue weighted by Gasteiger charge is -1.99. The molecule has 0 amide bonds. The van der Waals surface area contributed by atoms with E-state index >= 15 is 0 Å². The number of hydrogen-bond donors (Lipinski definition) is 1. The van der Waals surface area contributed by atoms with Crippen molar-refractivity contribution in [2.24, 2.45) is 0 Å². The maximum atomic E-state index is 13.7. The summed E-state index contributed by atoms with van der Waals surface area (Å²) in [6.45, 7) is 0. The lowest BCUT2D eigenvalue weighted by Crippen LogP contribution is -1.87. The van der Waals surface area contributed by atoms with Gasteiger partial charge >= 0.3 is 0 Å². The topological polar surface area (TPSA) is 55.0 Å². The van der Waals surface area contributed by atoms with Crippen LogP contribution in [-0.2, 0) is 6.42 Å². The lowest BCUT2D eigenvalue weighted by atomic mass is 10.1. The SMILES string of the molecule is Fc1cccc(-c2oc(Cc3c[nH]c4ccccc34)nc2-c2ccco2)c1. The van der Waals surface area contributed by atoms with E-state index in [0.717, 1.165) is 16.5 Å². The van der Waals surface area contributed by atoms with Crippen molar-refractivity contribution in [3.63, 3.8) is 0 Å². The van der Waals surface area contributed by atoms with E-state index in [0.29, 0.717) is 35.1 Å². The largest absolute Gasteiger partial charge is 0.463 e. The molecule has 0 radical (unpaired) electrons. The van der Waals surface area contributed by atoms with E-state index in [-0.39, 0.29) is 5.82 Å². The smallest absolute Gasteiger partial charge is 0.200 e. The third-order valence-corrected chi connectivity index (χ3v) is 4.53. The first-order chi connectivity index (χ1) is 13.3. The number of benzene rings is 2. The van der Waals surface area contributed by atoms with Crippen LogP contribution in [0.25, 0.3) is 33.7 Å². The summed E-state index contributed by atoms with van der Waals surface area (Å²) in [4.78, 5) is 7.90. The van der Waals surface area contributed by atoms with Crippen molar-refractivity contribution >= 4 is 10.9 Å². The Morgan fingerprint density at radius 1 is 1.00 bits per heavy atom. The Kier molecular flexibility index (Phi) is 3.64. The Labute approximate surface area is 154 Å². The number of furan rings is 1. The quantitative estimate of drug-likeness (QED) is 0.441. The Balaban J connectivity index is 1.61. The molecule has 0 saturated heterocycles. The number of halogens is 1. The highest BCUT2D eigenvalue weighted by Crippen LogP contribution is 2.34. The van der Waals surface area contributed by atoms with Crippen LogP contribution in [0.5, 0.6) is 0 Å². The van der Waals surface area contributed by atoms with E-state index in [9.17, 15) is 4.39 Å². The third kappa shape index (κ3) is 2.83. The molecule has 0 atom stereocenters. The van der Waals surface area contributed by atoms with Crippen LogP contribution in [0, 0.1) is 5.82 Å². The van der Waals surface area contributed by atoms with Gasteiger partial charge in [0.25, 0.3) is 0 Å². The molecule has 0 saturated carbocycles. The number of aromatic nitrogens is 2. The van der Waals surface area contributed by atoms with Crippen LogP contribution < -0.4 is 0 Å². The first-order valence-electron chi connectivity index (χ1n) is 8.62. The molecule has 5 aromatic rings. The minimum absolute atomic E-state index is 0.326. The average Bonchev–Trinajstić information content (AvgIpc) is 3.42. The average molecular weight is 358 g/mol. The molecule has 27 heavy (non-hydrogen) atoms. The monoisotopic (exact) mass is 358 g/mol. The minimum atomic E-state index is -0.326. The van der Waals surface area contributed by atoms with E-state index in [4.69, 9.17) is 8.83 Å². The Morgan fingerprint density at radius 3 is 2.78 bits per heavy atom. The predicted molar refractivity (Wildman–Crippen MR) is 101 cm³/mol. The third-order valence-electron chi connectivity index (χ3n) is 4.53. The highest BCUT2D eigenvalue weighted by molar-refractivity contribution is 5.83. The van der Waals surface area contributed by atoms with Crippen LogP contribution >= 0.6 is 0 Å². The normalized spacial score (nSPS) is 11.3. The number of aromatic amines is 1. The zero-order valence-corrected chi connectivity index (χ0v) is 14.3. The van der Waals surface area contributed by atoms with Crippen LogP contribution in [0.2, 0.25) is 0 Å². The van der Waals surface area contributed by atoms with E-state index in [1.54, 1.807) is 24.5 Å². The molecule has 0 bridgehead atoms. The molecule has 0 fully saturated rings. The second-order valence-corrected chi connectivity index (χ2v) is 6.31. The van der Waals surface area contributed by atoms with Crippen molar-refractivity contribution in [2.75, 3.05) is 0 Å². The fraction of sp³-hybridized carbons (Fsp3) is 0.0455. The second kappa shape index (κ2) is 6.29. The molecule has 0 unspecified atom stereocenters. The number of nitrogens with zero attached hydrogens (tertiary/aromatic N) is 1. The molecule has 0 spiro atoms. The highest BCUT2D eigenvalue weighted by Gasteiger charge is 2.20.